The number of carbonyl (C=O) groups excluding carboxylic acids is 4. The molecular formula is C75H87F7N8O8. The maximum absolute atomic E-state index is 14.3. The second kappa shape index (κ2) is 32.1. The molecule has 2 atom stereocenters. The van der Waals surface area contributed by atoms with Crippen molar-refractivity contribution >= 4 is 41.1 Å². The van der Waals surface area contributed by atoms with Crippen molar-refractivity contribution in [2.45, 2.75) is 106 Å². The zero-order valence-corrected chi connectivity index (χ0v) is 55.8. The van der Waals surface area contributed by atoms with Crippen molar-refractivity contribution in [3.8, 4) is 11.1 Å². The number of halogens is 7. The zero-order valence-electron chi connectivity index (χ0n) is 55.8. The first-order valence-electron chi connectivity index (χ1n) is 33.8. The number of amides is 5. The second-order valence-corrected chi connectivity index (χ2v) is 26.4. The summed E-state index contributed by atoms with van der Waals surface area (Å²) in [7, 11) is 5.29. The van der Waals surface area contributed by atoms with Crippen molar-refractivity contribution < 1.29 is 69.3 Å². The zero-order chi connectivity index (χ0) is 69.8. The highest BCUT2D eigenvalue weighted by Gasteiger charge is 2.50. The van der Waals surface area contributed by atoms with Gasteiger partial charge in [0.1, 0.15) is 18.0 Å². The van der Waals surface area contributed by atoms with Crippen LogP contribution < -0.4 is 10.2 Å². The molecule has 0 saturated carbocycles. The third kappa shape index (κ3) is 17.7. The van der Waals surface area contributed by atoms with Crippen molar-refractivity contribution in [1.82, 2.24) is 29.4 Å². The van der Waals surface area contributed by atoms with E-state index < -0.39 is 57.9 Å². The molecule has 2 N–H and O–H groups in total. The van der Waals surface area contributed by atoms with Gasteiger partial charge in [0.15, 0.2) is 0 Å². The fourth-order valence-electron chi connectivity index (χ4n) is 14.3. The average molecular weight is 1360 g/mol. The van der Waals surface area contributed by atoms with Crippen LogP contribution in [0.2, 0.25) is 0 Å². The number of para-hydroxylation sites is 1. The van der Waals surface area contributed by atoms with Crippen molar-refractivity contribution in [2.24, 2.45) is 0 Å². The highest BCUT2D eigenvalue weighted by atomic mass is 19.4. The van der Waals surface area contributed by atoms with E-state index in [-0.39, 0.29) is 68.7 Å². The highest BCUT2D eigenvalue weighted by Crippen LogP contribution is 2.48. The van der Waals surface area contributed by atoms with E-state index in [0.717, 1.165) is 66.8 Å². The number of hydrogen-bond acceptors (Lipinski definition) is 10. The van der Waals surface area contributed by atoms with Crippen LogP contribution in [0.15, 0.2) is 146 Å². The molecule has 98 heavy (non-hydrogen) atoms. The van der Waals surface area contributed by atoms with Crippen LogP contribution in [0.3, 0.4) is 0 Å². The van der Waals surface area contributed by atoms with Gasteiger partial charge in [0, 0.05) is 120 Å². The van der Waals surface area contributed by atoms with Gasteiger partial charge in [-0.25, -0.2) is 9.18 Å². The Morgan fingerprint density at radius 2 is 1.29 bits per heavy atom. The molecule has 23 heteroatoms. The van der Waals surface area contributed by atoms with Crippen LogP contribution in [0, 0.1) is 5.82 Å². The van der Waals surface area contributed by atoms with Crippen molar-refractivity contribution in [3.05, 3.63) is 190 Å². The molecule has 3 aliphatic heterocycles. The van der Waals surface area contributed by atoms with Crippen LogP contribution in [-0.2, 0) is 48.9 Å². The normalized spacial score (nSPS) is 18.3. The Hall–Kier alpha value is -8.38. The number of hydrogen-bond donors (Lipinski definition) is 2. The lowest BCUT2D eigenvalue weighted by Crippen LogP contribution is -2.54. The van der Waals surface area contributed by atoms with Gasteiger partial charge in [-0.05, 0) is 154 Å². The number of benzene rings is 6. The molecule has 0 aromatic heterocycles. The van der Waals surface area contributed by atoms with Crippen LogP contribution >= 0.6 is 0 Å². The number of ether oxygens (including phenoxy) is 2. The highest BCUT2D eigenvalue weighted by molar-refractivity contribution is 5.96. The van der Waals surface area contributed by atoms with Crippen LogP contribution in [0.5, 0.6) is 0 Å². The minimum absolute atomic E-state index is 0.0167. The van der Waals surface area contributed by atoms with Gasteiger partial charge in [0.05, 0.1) is 36.1 Å². The van der Waals surface area contributed by atoms with E-state index in [1.807, 2.05) is 85.9 Å². The standard InChI is InChI=1S/C75H87F7N8O8/c1-84(36-14-37-86(3)69(93)54-22-28-61(29-23-54)83-35-13-5-8-21-67(91)85(2)43-44-87-38-30-62(31-39-87)90(71(95)96)65-20-12-10-18-63(65)53-15-6-4-7-16-53)68(92)51-97-66-49-55-17-9-11-19-64(55)72(66)32-40-88(41-33-72)42-34-73(57-24-26-60(76)27-25-57)52-89(45-46-98-73)70(94)56-47-58(74(77,78)79)50-59(48-56)75(80,81)82/h4,6-7,9-12,15-20,22-29,47-48,50,62,66,83H,5,8,13-14,21,30-46,49,51-52H2,1-3H3,(H,95,96)/t66-,73+/m0/s1. The summed E-state index contributed by atoms with van der Waals surface area (Å²) in [5, 5.41) is 13.8. The van der Waals surface area contributed by atoms with E-state index in [9.17, 15) is 59.8 Å². The van der Waals surface area contributed by atoms with Gasteiger partial charge in [0.2, 0.25) is 11.8 Å². The number of rotatable bonds is 26. The van der Waals surface area contributed by atoms with Crippen LogP contribution in [0.4, 0.5) is 46.9 Å². The molecule has 0 bridgehead atoms. The Kier molecular flexibility index (Phi) is 23.7. The number of unbranched alkanes of at least 4 members (excludes halogenated alkanes) is 2. The number of carbonyl (C=O) groups is 5. The topological polar surface area (TPSA) is 159 Å². The number of morpholine rings is 1. The first kappa shape index (κ1) is 72.4. The smallest absolute Gasteiger partial charge is 0.416 e. The molecule has 3 fully saturated rings. The van der Waals surface area contributed by atoms with Gasteiger partial charge in [-0.2, -0.15) is 26.3 Å². The predicted octanol–water partition coefficient (Wildman–Crippen LogP) is 13.0. The lowest BCUT2D eigenvalue weighted by Gasteiger charge is -2.46. The molecule has 0 radical (unpaired) electrons. The molecule has 10 rings (SSSR count). The summed E-state index contributed by atoms with van der Waals surface area (Å²) in [6.45, 7) is 5.40. The van der Waals surface area contributed by atoms with Gasteiger partial charge in [-0.15, -0.1) is 0 Å². The minimum atomic E-state index is -5.15. The summed E-state index contributed by atoms with van der Waals surface area (Å²) < 4.78 is 110. The maximum Gasteiger partial charge on any atom is 0.416 e. The molecule has 4 aliphatic rings. The van der Waals surface area contributed by atoms with Crippen molar-refractivity contribution in [1.29, 1.82) is 0 Å². The van der Waals surface area contributed by atoms with Gasteiger partial charge in [-0.3, -0.25) is 24.1 Å². The summed E-state index contributed by atoms with van der Waals surface area (Å²) in [6, 6.07) is 39.2. The van der Waals surface area contributed by atoms with Crippen LogP contribution in [-0.4, -0.2) is 189 Å². The van der Waals surface area contributed by atoms with E-state index in [1.54, 1.807) is 40.9 Å². The number of anilines is 2. The van der Waals surface area contributed by atoms with Gasteiger partial charge >= 0.3 is 18.4 Å². The molecule has 3 saturated heterocycles. The Bertz CT molecular complexity index is 3660. The molecule has 524 valence electrons. The minimum Gasteiger partial charge on any atom is -0.465 e. The number of piperidine rings is 2. The first-order valence-corrected chi connectivity index (χ1v) is 33.8. The molecule has 0 unspecified atom stereocenters. The van der Waals surface area contributed by atoms with Crippen molar-refractivity contribution in [3.63, 3.8) is 0 Å². The lowest BCUT2D eigenvalue weighted by atomic mass is 9.72. The number of fused-ring (bicyclic) bond motifs is 2. The SMILES string of the molecule is CN(CCN1CCC(N(C(=O)O)c2ccccc2-c2ccccc2)CC1)C(=O)CCCCCNc1ccc(C(=O)N(C)CCCN(C)C(=O)CO[C@H]2Cc3ccccc3C23CCN(CC[C@]2(c4ccc(F)cc4)CN(C(=O)c4cc(C(F)(F)F)cc(C(F)(F)F)c4)CCO2)CC3)cc1. The van der Waals surface area contributed by atoms with E-state index in [4.69, 9.17) is 9.47 Å². The molecule has 1 aliphatic carbocycles. The number of likely N-dealkylation sites (N-methyl/N-ethyl adjacent to an activating group) is 2. The van der Waals surface area contributed by atoms with E-state index in [2.05, 4.69) is 27.2 Å². The van der Waals surface area contributed by atoms with Crippen molar-refractivity contribution in [2.75, 3.05) is 123 Å². The molecular weight excluding hydrogens is 1270 g/mol. The fraction of sp³-hybridized carbons (Fsp3) is 0.453. The summed E-state index contributed by atoms with van der Waals surface area (Å²) >= 11 is 0. The maximum atomic E-state index is 14.3. The summed E-state index contributed by atoms with van der Waals surface area (Å²) in [5.74, 6) is -1.79. The second-order valence-electron chi connectivity index (χ2n) is 26.4. The van der Waals surface area contributed by atoms with Gasteiger partial charge in [0.25, 0.3) is 11.8 Å². The van der Waals surface area contributed by atoms with Crippen LogP contribution in [0.1, 0.15) is 113 Å². The number of nitrogens with one attached hydrogen (secondary N) is 1. The first-order chi connectivity index (χ1) is 46.9. The molecule has 6 aromatic carbocycles. The molecule has 16 nitrogen and oxygen atoms in total. The van der Waals surface area contributed by atoms with Gasteiger partial charge < -0.3 is 49.3 Å². The third-order valence-electron chi connectivity index (χ3n) is 20.1. The molecule has 6 aromatic rings. The van der Waals surface area contributed by atoms with Gasteiger partial charge in [-0.1, -0.05) is 91.3 Å². The predicted molar refractivity (Wildman–Crippen MR) is 360 cm³/mol. The lowest BCUT2D eigenvalue weighted by molar-refractivity contribution is -0.143. The Balaban J connectivity index is 0.621. The molecule has 1 spiro atoms. The quantitative estimate of drug-likeness (QED) is 0.0393. The van der Waals surface area contributed by atoms with E-state index in [0.29, 0.717) is 120 Å². The molecule has 3 heterocycles. The molecule has 5 amide bonds. The summed E-state index contributed by atoms with van der Waals surface area (Å²) in [4.78, 5) is 79.1. The third-order valence-corrected chi connectivity index (χ3v) is 20.1. The van der Waals surface area contributed by atoms with E-state index >= 15 is 0 Å². The summed E-state index contributed by atoms with van der Waals surface area (Å²) in [6.07, 6.45) is -4.46. The number of carboxylic acid groups (broad SMARTS) is 1. The fourth-order valence-corrected chi connectivity index (χ4v) is 14.3. The average Bonchev–Trinajstić information content (AvgIpc) is 1.53. The Labute approximate surface area is 568 Å². The van der Waals surface area contributed by atoms with Crippen LogP contribution in [0.25, 0.3) is 11.1 Å². The Morgan fingerprint density at radius 1 is 0.653 bits per heavy atom. The Morgan fingerprint density at radius 3 is 1.97 bits per heavy atom. The number of nitrogens with zero attached hydrogens (tertiary/aromatic N) is 7. The summed E-state index contributed by atoms with van der Waals surface area (Å²) in [5.41, 5.74) is 1.11. The number of alkyl halides is 6. The largest absolute Gasteiger partial charge is 0.465 e. The monoisotopic (exact) mass is 1360 g/mol. The van der Waals surface area contributed by atoms with E-state index in [1.165, 1.54) is 34.1 Å². The number of likely N-dealkylation sites (tertiary alicyclic amines) is 2.